The van der Waals surface area contributed by atoms with E-state index in [1.54, 1.807) is 31.6 Å². The summed E-state index contributed by atoms with van der Waals surface area (Å²) >= 11 is 0. The van der Waals surface area contributed by atoms with Crippen molar-refractivity contribution >= 4 is 11.8 Å². The number of anilines is 1. The Labute approximate surface area is 89.9 Å². The summed E-state index contributed by atoms with van der Waals surface area (Å²) in [6.07, 6.45) is 2.89. The molecule has 0 radical (unpaired) electrons. The van der Waals surface area contributed by atoms with E-state index < -0.39 is 5.60 Å². The highest BCUT2D eigenvalue weighted by atomic mass is 16.6. The molecule has 1 aromatic heterocycles. The molecule has 1 rings (SSSR count). The normalized spacial score (nSPS) is 10.9. The fraction of sp³-hybridized carbons (Fsp3) is 0.455. The quantitative estimate of drug-likeness (QED) is 0.712. The van der Waals surface area contributed by atoms with Gasteiger partial charge in [0.05, 0.1) is 11.9 Å². The van der Waals surface area contributed by atoms with Gasteiger partial charge < -0.3 is 4.74 Å². The lowest BCUT2D eigenvalue weighted by molar-refractivity contribution is 0.0589. The minimum absolute atomic E-state index is 0.379. The monoisotopic (exact) mass is 208 g/mol. The van der Waals surface area contributed by atoms with E-state index in [9.17, 15) is 4.79 Å². The summed E-state index contributed by atoms with van der Waals surface area (Å²) in [7, 11) is 1.66. The van der Waals surface area contributed by atoms with Gasteiger partial charge in [-0.15, -0.1) is 0 Å². The zero-order chi connectivity index (χ0) is 11.5. The van der Waals surface area contributed by atoms with E-state index >= 15 is 0 Å². The number of nitrogens with zero attached hydrogens (tertiary/aromatic N) is 2. The van der Waals surface area contributed by atoms with Crippen molar-refractivity contribution in [2.75, 3.05) is 11.9 Å². The second kappa shape index (κ2) is 4.29. The van der Waals surface area contributed by atoms with Gasteiger partial charge in [0.15, 0.2) is 0 Å². The topological polar surface area (TPSA) is 42.4 Å². The number of carbonyl (C=O) groups is 1. The Balaban J connectivity index is 2.70. The van der Waals surface area contributed by atoms with Crippen LogP contribution in [0.2, 0.25) is 0 Å². The number of amides is 1. The van der Waals surface area contributed by atoms with Crippen LogP contribution in [0.1, 0.15) is 20.8 Å². The fourth-order valence-electron chi connectivity index (χ4n) is 0.988. The van der Waals surface area contributed by atoms with Crippen molar-refractivity contribution in [3.8, 4) is 0 Å². The van der Waals surface area contributed by atoms with Crippen molar-refractivity contribution in [1.82, 2.24) is 4.98 Å². The van der Waals surface area contributed by atoms with E-state index in [0.717, 1.165) is 0 Å². The van der Waals surface area contributed by atoms with Crippen LogP contribution in [0.4, 0.5) is 10.5 Å². The molecule has 82 valence electrons. The van der Waals surface area contributed by atoms with Crippen molar-refractivity contribution in [3.05, 3.63) is 24.5 Å². The summed E-state index contributed by atoms with van der Waals surface area (Å²) in [6.45, 7) is 5.51. The van der Waals surface area contributed by atoms with Crippen LogP contribution in [-0.2, 0) is 4.74 Å². The molecule has 0 saturated heterocycles. The Bertz CT molecular complexity index is 330. The maximum atomic E-state index is 11.6. The van der Waals surface area contributed by atoms with E-state index in [-0.39, 0.29) is 6.09 Å². The standard InChI is InChI=1S/C11H16N2O2/c1-11(2,3)15-10(14)13(4)9-6-5-7-12-8-9/h5-8H,1-4H3. The highest BCUT2D eigenvalue weighted by Crippen LogP contribution is 2.14. The number of hydrogen-bond donors (Lipinski definition) is 0. The minimum atomic E-state index is -0.479. The van der Waals surface area contributed by atoms with Gasteiger partial charge in [-0.3, -0.25) is 9.88 Å². The molecule has 0 saturated carbocycles. The van der Waals surface area contributed by atoms with Crippen molar-refractivity contribution in [2.24, 2.45) is 0 Å². The number of pyridine rings is 1. The third-order valence-corrected chi connectivity index (χ3v) is 1.70. The minimum Gasteiger partial charge on any atom is -0.443 e. The number of aromatic nitrogens is 1. The van der Waals surface area contributed by atoms with Crippen LogP contribution in [0.25, 0.3) is 0 Å². The molecule has 4 heteroatoms. The summed E-state index contributed by atoms with van der Waals surface area (Å²) in [5, 5.41) is 0. The lowest BCUT2D eigenvalue weighted by Crippen LogP contribution is -2.34. The van der Waals surface area contributed by atoms with E-state index in [1.165, 1.54) is 4.90 Å². The van der Waals surface area contributed by atoms with Gasteiger partial charge in [0, 0.05) is 13.2 Å². The fourth-order valence-corrected chi connectivity index (χ4v) is 0.988. The summed E-state index contributed by atoms with van der Waals surface area (Å²) < 4.78 is 5.21. The maximum Gasteiger partial charge on any atom is 0.414 e. The summed E-state index contributed by atoms with van der Waals surface area (Å²) in [4.78, 5) is 17.0. The largest absolute Gasteiger partial charge is 0.443 e. The molecular formula is C11H16N2O2. The Morgan fingerprint density at radius 3 is 2.60 bits per heavy atom. The van der Waals surface area contributed by atoms with Crippen molar-refractivity contribution in [2.45, 2.75) is 26.4 Å². The Morgan fingerprint density at radius 2 is 2.13 bits per heavy atom. The molecule has 0 unspecified atom stereocenters. The van der Waals surface area contributed by atoms with E-state index in [1.807, 2.05) is 20.8 Å². The van der Waals surface area contributed by atoms with Gasteiger partial charge in [0.2, 0.25) is 0 Å². The molecule has 1 amide bonds. The second-order valence-electron chi connectivity index (χ2n) is 4.25. The Hall–Kier alpha value is -1.58. The van der Waals surface area contributed by atoms with Crippen LogP contribution >= 0.6 is 0 Å². The lowest BCUT2D eigenvalue weighted by atomic mass is 10.2. The average molecular weight is 208 g/mol. The third-order valence-electron chi connectivity index (χ3n) is 1.70. The zero-order valence-electron chi connectivity index (χ0n) is 9.52. The number of carbonyl (C=O) groups excluding carboxylic acids is 1. The van der Waals surface area contributed by atoms with Crippen molar-refractivity contribution in [3.63, 3.8) is 0 Å². The van der Waals surface area contributed by atoms with Gasteiger partial charge in [0.1, 0.15) is 5.60 Å². The molecule has 0 fully saturated rings. The van der Waals surface area contributed by atoms with Crippen LogP contribution in [0.5, 0.6) is 0 Å². The summed E-state index contributed by atoms with van der Waals surface area (Å²) in [5.41, 5.74) is 0.236. The SMILES string of the molecule is CN(C(=O)OC(C)(C)C)c1cccnc1. The number of rotatable bonds is 1. The van der Waals surface area contributed by atoms with E-state index in [2.05, 4.69) is 4.98 Å². The van der Waals surface area contributed by atoms with Crippen LogP contribution < -0.4 is 4.90 Å². The Morgan fingerprint density at radius 1 is 1.47 bits per heavy atom. The number of ether oxygens (including phenoxy) is 1. The van der Waals surface area contributed by atoms with Gasteiger partial charge in [-0.25, -0.2) is 4.79 Å². The first kappa shape index (κ1) is 11.5. The maximum absolute atomic E-state index is 11.6. The summed E-state index contributed by atoms with van der Waals surface area (Å²) in [5.74, 6) is 0. The predicted octanol–water partition coefficient (Wildman–Crippen LogP) is 2.45. The zero-order valence-corrected chi connectivity index (χ0v) is 9.52. The van der Waals surface area contributed by atoms with Crippen LogP contribution in [-0.4, -0.2) is 23.7 Å². The van der Waals surface area contributed by atoms with Crippen LogP contribution in [0.3, 0.4) is 0 Å². The molecule has 1 aromatic rings. The molecule has 0 bridgehead atoms. The van der Waals surface area contributed by atoms with Gasteiger partial charge in [0.25, 0.3) is 0 Å². The van der Waals surface area contributed by atoms with Crippen LogP contribution in [0.15, 0.2) is 24.5 Å². The molecule has 1 heterocycles. The number of hydrogen-bond acceptors (Lipinski definition) is 3. The third kappa shape index (κ3) is 3.58. The molecule has 0 aliphatic carbocycles. The molecule has 4 nitrogen and oxygen atoms in total. The Kier molecular flexibility index (Phi) is 3.29. The van der Waals surface area contributed by atoms with Crippen LogP contribution in [0, 0.1) is 0 Å². The molecule has 0 N–H and O–H groups in total. The highest BCUT2D eigenvalue weighted by Gasteiger charge is 2.20. The first-order valence-corrected chi connectivity index (χ1v) is 4.77. The molecule has 15 heavy (non-hydrogen) atoms. The molecular weight excluding hydrogens is 192 g/mol. The van der Waals surface area contributed by atoms with Gasteiger partial charge in [-0.05, 0) is 32.9 Å². The molecule has 0 aromatic carbocycles. The first-order chi connectivity index (χ1) is 6.90. The van der Waals surface area contributed by atoms with Gasteiger partial charge in [-0.2, -0.15) is 0 Å². The predicted molar refractivity (Wildman–Crippen MR) is 58.9 cm³/mol. The molecule has 0 aliphatic heterocycles. The lowest BCUT2D eigenvalue weighted by Gasteiger charge is -2.24. The molecule has 0 spiro atoms. The van der Waals surface area contributed by atoms with E-state index in [4.69, 9.17) is 4.74 Å². The van der Waals surface area contributed by atoms with Crippen molar-refractivity contribution in [1.29, 1.82) is 0 Å². The average Bonchev–Trinajstić information content (AvgIpc) is 2.15. The summed E-state index contributed by atoms with van der Waals surface area (Å²) in [6, 6.07) is 3.58. The van der Waals surface area contributed by atoms with Gasteiger partial charge >= 0.3 is 6.09 Å². The smallest absolute Gasteiger partial charge is 0.414 e. The second-order valence-corrected chi connectivity index (χ2v) is 4.25. The first-order valence-electron chi connectivity index (χ1n) is 4.77. The highest BCUT2D eigenvalue weighted by molar-refractivity contribution is 5.86. The van der Waals surface area contributed by atoms with E-state index in [0.29, 0.717) is 5.69 Å². The molecule has 0 aliphatic rings. The van der Waals surface area contributed by atoms with Gasteiger partial charge in [-0.1, -0.05) is 0 Å². The van der Waals surface area contributed by atoms with Crippen molar-refractivity contribution < 1.29 is 9.53 Å². The molecule has 0 atom stereocenters.